The van der Waals surface area contributed by atoms with Crippen LogP contribution in [0, 0.1) is 5.41 Å². The summed E-state index contributed by atoms with van der Waals surface area (Å²) in [7, 11) is 0. The molecule has 0 saturated heterocycles. The molecule has 1 aliphatic rings. The monoisotopic (exact) mass is 234 g/mol. The van der Waals surface area contributed by atoms with Gasteiger partial charge in [-0.1, -0.05) is 27.2 Å². The molecule has 1 unspecified atom stereocenters. The highest BCUT2D eigenvalue weighted by Gasteiger charge is 2.33. The summed E-state index contributed by atoms with van der Waals surface area (Å²) in [5.41, 5.74) is 1.90. The average Bonchev–Trinajstić information content (AvgIpc) is 2.83. The summed E-state index contributed by atoms with van der Waals surface area (Å²) in [6.07, 6.45) is 9.75. The molecule has 2 heteroatoms. The molecule has 0 aliphatic heterocycles. The van der Waals surface area contributed by atoms with Crippen LogP contribution in [0.15, 0.2) is 18.5 Å². The highest BCUT2D eigenvalue weighted by Crippen LogP contribution is 2.37. The zero-order valence-corrected chi connectivity index (χ0v) is 11.5. The molecule has 2 nitrogen and oxygen atoms in total. The van der Waals surface area contributed by atoms with Gasteiger partial charge in [-0.25, -0.2) is 0 Å². The molecule has 1 atom stereocenters. The summed E-state index contributed by atoms with van der Waals surface area (Å²) in [4.78, 5) is 0. The van der Waals surface area contributed by atoms with Crippen LogP contribution in [0.4, 0.5) is 0 Å². The summed E-state index contributed by atoms with van der Waals surface area (Å²) in [6, 6.07) is 2.93. The molecule has 1 saturated carbocycles. The molecule has 1 heterocycles. The molecule has 0 bridgehead atoms. The second-order valence-electron chi connectivity index (χ2n) is 6.07. The van der Waals surface area contributed by atoms with Crippen LogP contribution in [-0.4, -0.2) is 10.6 Å². The lowest BCUT2D eigenvalue weighted by Crippen LogP contribution is -2.37. The van der Waals surface area contributed by atoms with Crippen LogP contribution in [0.3, 0.4) is 0 Å². The zero-order valence-electron chi connectivity index (χ0n) is 11.5. The molecule has 2 rings (SSSR count). The summed E-state index contributed by atoms with van der Waals surface area (Å²) in [5, 5.41) is 3.73. The van der Waals surface area contributed by atoms with Gasteiger partial charge < -0.3 is 9.88 Å². The third-order valence-electron chi connectivity index (χ3n) is 4.10. The van der Waals surface area contributed by atoms with Gasteiger partial charge in [0.1, 0.15) is 0 Å². The Morgan fingerprint density at radius 2 is 2.29 bits per heavy atom. The van der Waals surface area contributed by atoms with Crippen molar-refractivity contribution in [2.75, 3.05) is 0 Å². The Morgan fingerprint density at radius 3 is 2.94 bits per heavy atom. The summed E-state index contributed by atoms with van der Waals surface area (Å²) >= 11 is 0. The number of hydrogen-bond donors (Lipinski definition) is 1. The van der Waals surface area contributed by atoms with Crippen LogP contribution in [0.2, 0.25) is 0 Å². The highest BCUT2D eigenvalue weighted by atomic mass is 15.0. The number of hydrogen-bond acceptors (Lipinski definition) is 1. The third kappa shape index (κ3) is 3.12. The van der Waals surface area contributed by atoms with Crippen molar-refractivity contribution in [1.82, 2.24) is 9.88 Å². The van der Waals surface area contributed by atoms with Crippen LogP contribution in [0.5, 0.6) is 0 Å². The normalized spacial score (nSPS) is 23.1. The molecule has 1 fully saturated rings. The van der Waals surface area contributed by atoms with Gasteiger partial charge in [0, 0.05) is 31.5 Å². The van der Waals surface area contributed by atoms with E-state index in [1.807, 2.05) is 0 Å². The van der Waals surface area contributed by atoms with Crippen molar-refractivity contribution in [3.63, 3.8) is 0 Å². The SMILES string of the molecule is CCCn1ccc(CNC2CCCC2(C)C)c1. The minimum absolute atomic E-state index is 0.478. The van der Waals surface area contributed by atoms with E-state index >= 15 is 0 Å². The number of aromatic nitrogens is 1. The molecule has 0 radical (unpaired) electrons. The van der Waals surface area contributed by atoms with Crippen molar-refractivity contribution >= 4 is 0 Å². The maximum Gasteiger partial charge on any atom is 0.0223 e. The first-order valence-corrected chi connectivity index (χ1v) is 7.00. The molecule has 0 spiro atoms. The van der Waals surface area contributed by atoms with Gasteiger partial charge in [0.25, 0.3) is 0 Å². The van der Waals surface area contributed by atoms with E-state index in [0.29, 0.717) is 11.5 Å². The number of nitrogens with zero attached hydrogens (tertiary/aromatic N) is 1. The zero-order chi connectivity index (χ0) is 12.3. The van der Waals surface area contributed by atoms with Gasteiger partial charge in [-0.05, 0) is 36.3 Å². The van der Waals surface area contributed by atoms with Gasteiger partial charge >= 0.3 is 0 Å². The van der Waals surface area contributed by atoms with Crippen molar-refractivity contribution in [1.29, 1.82) is 0 Å². The Morgan fingerprint density at radius 1 is 1.47 bits per heavy atom. The molecular formula is C15H26N2. The van der Waals surface area contributed by atoms with E-state index in [4.69, 9.17) is 0 Å². The standard InChI is InChI=1S/C15H26N2/c1-4-9-17-10-7-13(12-17)11-16-14-6-5-8-15(14,2)3/h7,10,12,14,16H,4-6,8-9,11H2,1-3H3. The average molecular weight is 234 g/mol. The van der Waals surface area contributed by atoms with Crippen LogP contribution < -0.4 is 5.32 Å². The van der Waals surface area contributed by atoms with Crippen molar-refractivity contribution in [3.8, 4) is 0 Å². The van der Waals surface area contributed by atoms with Gasteiger partial charge in [-0.15, -0.1) is 0 Å². The minimum Gasteiger partial charge on any atom is -0.354 e. The lowest BCUT2D eigenvalue weighted by molar-refractivity contribution is 0.282. The second-order valence-corrected chi connectivity index (χ2v) is 6.07. The number of nitrogens with one attached hydrogen (secondary N) is 1. The summed E-state index contributed by atoms with van der Waals surface area (Å²) in [6.45, 7) is 9.15. The lowest BCUT2D eigenvalue weighted by Gasteiger charge is -2.27. The van der Waals surface area contributed by atoms with Gasteiger partial charge in [0.05, 0.1) is 0 Å². The molecule has 1 N–H and O–H groups in total. The predicted octanol–water partition coefficient (Wildman–Crippen LogP) is 3.57. The van der Waals surface area contributed by atoms with E-state index in [1.54, 1.807) is 0 Å². The quantitative estimate of drug-likeness (QED) is 0.824. The molecule has 0 amide bonds. The van der Waals surface area contributed by atoms with Crippen LogP contribution in [0.25, 0.3) is 0 Å². The van der Waals surface area contributed by atoms with E-state index in [2.05, 4.69) is 49.1 Å². The van der Waals surface area contributed by atoms with Crippen LogP contribution >= 0.6 is 0 Å². The maximum absolute atomic E-state index is 3.73. The van der Waals surface area contributed by atoms with E-state index in [-0.39, 0.29) is 0 Å². The molecular weight excluding hydrogens is 208 g/mol. The van der Waals surface area contributed by atoms with Crippen molar-refractivity contribution < 1.29 is 0 Å². The number of rotatable bonds is 5. The first-order chi connectivity index (χ1) is 8.12. The highest BCUT2D eigenvalue weighted by molar-refractivity contribution is 5.10. The van der Waals surface area contributed by atoms with Gasteiger partial charge in [-0.3, -0.25) is 0 Å². The molecule has 1 aromatic heterocycles. The largest absolute Gasteiger partial charge is 0.354 e. The van der Waals surface area contributed by atoms with Gasteiger partial charge in [-0.2, -0.15) is 0 Å². The van der Waals surface area contributed by atoms with E-state index in [9.17, 15) is 0 Å². The van der Waals surface area contributed by atoms with Crippen molar-refractivity contribution in [2.45, 2.75) is 65.6 Å². The molecule has 96 valence electrons. The first kappa shape index (κ1) is 12.7. The minimum atomic E-state index is 0.478. The smallest absolute Gasteiger partial charge is 0.0223 e. The van der Waals surface area contributed by atoms with E-state index < -0.39 is 0 Å². The summed E-state index contributed by atoms with van der Waals surface area (Å²) < 4.78 is 2.29. The van der Waals surface area contributed by atoms with E-state index in [1.165, 1.54) is 31.2 Å². The van der Waals surface area contributed by atoms with Gasteiger partial charge in [0.2, 0.25) is 0 Å². The van der Waals surface area contributed by atoms with E-state index in [0.717, 1.165) is 13.1 Å². The Labute approximate surface area is 105 Å². The molecule has 17 heavy (non-hydrogen) atoms. The fourth-order valence-corrected chi connectivity index (χ4v) is 2.94. The Kier molecular flexibility index (Phi) is 3.93. The van der Waals surface area contributed by atoms with Crippen molar-refractivity contribution in [3.05, 3.63) is 24.0 Å². The topological polar surface area (TPSA) is 17.0 Å². The molecule has 1 aromatic rings. The Hall–Kier alpha value is -0.760. The fraction of sp³-hybridized carbons (Fsp3) is 0.733. The fourth-order valence-electron chi connectivity index (χ4n) is 2.94. The van der Waals surface area contributed by atoms with Crippen LogP contribution in [-0.2, 0) is 13.1 Å². The molecule has 0 aromatic carbocycles. The Balaban J connectivity index is 1.85. The Bertz CT molecular complexity index is 352. The summed E-state index contributed by atoms with van der Waals surface area (Å²) in [5.74, 6) is 0. The van der Waals surface area contributed by atoms with Crippen molar-refractivity contribution in [2.24, 2.45) is 5.41 Å². The van der Waals surface area contributed by atoms with Crippen LogP contribution in [0.1, 0.15) is 52.0 Å². The molecule has 1 aliphatic carbocycles. The number of aryl methyl sites for hydroxylation is 1. The lowest BCUT2D eigenvalue weighted by atomic mass is 9.87. The maximum atomic E-state index is 3.73. The second kappa shape index (κ2) is 5.26. The first-order valence-electron chi connectivity index (χ1n) is 7.00. The van der Waals surface area contributed by atoms with Gasteiger partial charge in [0.15, 0.2) is 0 Å². The third-order valence-corrected chi connectivity index (χ3v) is 4.10. The predicted molar refractivity (Wildman–Crippen MR) is 73.0 cm³/mol.